The highest BCUT2D eigenvalue weighted by Gasteiger charge is 2.18. The highest BCUT2D eigenvalue weighted by atomic mass is 79.9. The van der Waals surface area contributed by atoms with Crippen molar-refractivity contribution in [1.82, 2.24) is 5.32 Å². The molecule has 4 nitrogen and oxygen atoms in total. The van der Waals surface area contributed by atoms with E-state index in [4.69, 9.17) is 4.74 Å². The summed E-state index contributed by atoms with van der Waals surface area (Å²) in [6.07, 6.45) is 2.60. The number of halogens is 2. The molecular weight excluding hydrogens is 434 g/mol. The SMILES string of the molecule is CSCCC(NCc1cc(Br)cc(Br)c1OC(C)C)C(=O)O. The first-order chi connectivity index (χ1) is 10.3. The summed E-state index contributed by atoms with van der Waals surface area (Å²) in [6.45, 7) is 4.36. The van der Waals surface area contributed by atoms with E-state index in [1.165, 1.54) is 0 Å². The molecule has 22 heavy (non-hydrogen) atoms. The van der Waals surface area contributed by atoms with Crippen LogP contribution in [0.15, 0.2) is 21.1 Å². The molecule has 1 aromatic rings. The van der Waals surface area contributed by atoms with Crippen molar-refractivity contribution in [2.75, 3.05) is 12.0 Å². The maximum Gasteiger partial charge on any atom is 0.320 e. The summed E-state index contributed by atoms with van der Waals surface area (Å²) in [7, 11) is 0. The van der Waals surface area contributed by atoms with E-state index < -0.39 is 12.0 Å². The van der Waals surface area contributed by atoms with E-state index >= 15 is 0 Å². The van der Waals surface area contributed by atoms with Crippen LogP contribution in [-0.4, -0.2) is 35.2 Å². The van der Waals surface area contributed by atoms with E-state index in [9.17, 15) is 9.90 Å². The van der Waals surface area contributed by atoms with Crippen LogP contribution in [0.25, 0.3) is 0 Å². The number of carboxylic acid groups (broad SMARTS) is 1. The number of aliphatic carboxylic acids is 1. The molecule has 0 fully saturated rings. The first kappa shape index (κ1) is 19.8. The lowest BCUT2D eigenvalue weighted by atomic mass is 10.1. The molecule has 1 unspecified atom stereocenters. The second-order valence-corrected chi connectivity index (χ2v) is 7.85. The van der Waals surface area contributed by atoms with Gasteiger partial charge in [0.05, 0.1) is 10.6 Å². The lowest BCUT2D eigenvalue weighted by Gasteiger charge is -2.19. The molecule has 1 atom stereocenters. The van der Waals surface area contributed by atoms with E-state index in [2.05, 4.69) is 37.2 Å². The highest BCUT2D eigenvalue weighted by molar-refractivity contribution is 9.11. The van der Waals surface area contributed by atoms with Crippen LogP contribution in [0.4, 0.5) is 0 Å². The molecule has 2 N–H and O–H groups in total. The second kappa shape index (κ2) is 9.80. The van der Waals surface area contributed by atoms with E-state index in [1.807, 2.05) is 32.2 Å². The fraction of sp³-hybridized carbons (Fsp3) is 0.533. The zero-order valence-electron chi connectivity index (χ0n) is 12.9. The number of rotatable bonds is 9. The lowest BCUT2D eigenvalue weighted by Crippen LogP contribution is -2.36. The predicted octanol–water partition coefficient (Wildman–Crippen LogP) is 4.29. The maximum atomic E-state index is 11.3. The zero-order valence-corrected chi connectivity index (χ0v) is 16.8. The molecular formula is C15H21Br2NO3S. The van der Waals surface area contributed by atoms with Gasteiger partial charge in [-0.1, -0.05) is 15.9 Å². The van der Waals surface area contributed by atoms with Crippen LogP contribution in [0.2, 0.25) is 0 Å². The van der Waals surface area contributed by atoms with Gasteiger partial charge in [-0.25, -0.2) is 0 Å². The standard InChI is InChI=1S/C15H21Br2NO3S/c1-9(2)21-14-10(6-11(16)7-12(14)17)8-18-13(15(19)20)4-5-22-3/h6-7,9,13,18H,4-5,8H2,1-3H3,(H,19,20). The number of hydrogen-bond donors (Lipinski definition) is 2. The third-order valence-electron chi connectivity index (χ3n) is 2.89. The molecule has 1 aromatic carbocycles. The summed E-state index contributed by atoms with van der Waals surface area (Å²) in [5.41, 5.74) is 0.922. The van der Waals surface area contributed by atoms with Gasteiger partial charge in [0.15, 0.2) is 0 Å². The molecule has 0 aromatic heterocycles. The number of hydrogen-bond acceptors (Lipinski definition) is 4. The number of carbonyl (C=O) groups is 1. The average Bonchev–Trinajstić information content (AvgIpc) is 2.41. The first-order valence-electron chi connectivity index (χ1n) is 6.94. The van der Waals surface area contributed by atoms with Gasteiger partial charge in [0.2, 0.25) is 0 Å². The van der Waals surface area contributed by atoms with Crippen LogP contribution in [-0.2, 0) is 11.3 Å². The summed E-state index contributed by atoms with van der Waals surface area (Å²) in [5, 5.41) is 12.4. The second-order valence-electron chi connectivity index (χ2n) is 5.10. The van der Waals surface area contributed by atoms with Crippen molar-refractivity contribution in [3.8, 4) is 5.75 Å². The van der Waals surface area contributed by atoms with Crippen LogP contribution < -0.4 is 10.1 Å². The van der Waals surface area contributed by atoms with Gasteiger partial charge in [0.1, 0.15) is 11.8 Å². The van der Waals surface area contributed by atoms with Crippen molar-refractivity contribution >= 4 is 49.6 Å². The molecule has 0 aliphatic rings. The van der Waals surface area contributed by atoms with E-state index in [0.717, 1.165) is 26.0 Å². The molecule has 0 saturated heterocycles. The molecule has 0 aliphatic heterocycles. The van der Waals surface area contributed by atoms with Gasteiger partial charge >= 0.3 is 5.97 Å². The number of thioether (sulfide) groups is 1. The van der Waals surface area contributed by atoms with Crippen molar-refractivity contribution in [3.63, 3.8) is 0 Å². The average molecular weight is 455 g/mol. The minimum Gasteiger partial charge on any atom is -0.489 e. The van der Waals surface area contributed by atoms with Gasteiger partial charge < -0.3 is 15.2 Å². The van der Waals surface area contributed by atoms with Crippen molar-refractivity contribution in [2.24, 2.45) is 0 Å². The quantitative estimate of drug-likeness (QED) is 0.582. The largest absolute Gasteiger partial charge is 0.489 e. The van der Waals surface area contributed by atoms with Crippen LogP contribution in [0.3, 0.4) is 0 Å². The molecule has 1 rings (SSSR count). The van der Waals surface area contributed by atoms with Gasteiger partial charge in [-0.2, -0.15) is 11.8 Å². The van der Waals surface area contributed by atoms with Crippen molar-refractivity contribution in [3.05, 3.63) is 26.6 Å². The van der Waals surface area contributed by atoms with Gasteiger partial charge in [-0.15, -0.1) is 0 Å². The molecule has 0 bridgehead atoms. The molecule has 7 heteroatoms. The third kappa shape index (κ3) is 6.48. The summed E-state index contributed by atoms with van der Waals surface area (Å²) in [4.78, 5) is 11.3. The minimum atomic E-state index is -0.825. The van der Waals surface area contributed by atoms with Crippen molar-refractivity contribution < 1.29 is 14.6 Å². The van der Waals surface area contributed by atoms with Crippen LogP contribution in [0, 0.1) is 0 Å². The molecule has 124 valence electrons. The summed E-state index contributed by atoms with van der Waals surface area (Å²) in [6, 6.07) is 3.31. The fourth-order valence-electron chi connectivity index (χ4n) is 1.89. The Morgan fingerprint density at radius 2 is 2.09 bits per heavy atom. The minimum absolute atomic E-state index is 0.0444. The monoisotopic (exact) mass is 453 g/mol. The molecule has 0 saturated carbocycles. The Bertz CT molecular complexity index is 512. The third-order valence-corrected chi connectivity index (χ3v) is 4.58. The topological polar surface area (TPSA) is 58.6 Å². The summed E-state index contributed by atoms with van der Waals surface area (Å²) >= 11 is 8.60. The Morgan fingerprint density at radius 3 is 2.64 bits per heavy atom. The number of nitrogens with one attached hydrogen (secondary N) is 1. The Morgan fingerprint density at radius 1 is 1.41 bits per heavy atom. The summed E-state index contributed by atoms with van der Waals surface area (Å²) < 4.78 is 7.62. The Labute approximate surface area is 152 Å². The number of ether oxygens (including phenoxy) is 1. The smallest absolute Gasteiger partial charge is 0.320 e. The first-order valence-corrected chi connectivity index (χ1v) is 9.92. The van der Waals surface area contributed by atoms with E-state index in [1.54, 1.807) is 11.8 Å². The van der Waals surface area contributed by atoms with Crippen molar-refractivity contribution in [1.29, 1.82) is 0 Å². The molecule has 0 amide bonds. The Kier molecular flexibility index (Phi) is 8.82. The number of carboxylic acids is 1. The highest BCUT2D eigenvalue weighted by Crippen LogP contribution is 2.33. The zero-order chi connectivity index (χ0) is 16.7. The van der Waals surface area contributed by atoms with Gasteiger partial charge in [-0.05, 0) is 60.3 Å². The van der Waals surface area contributed by atoms with E-state index in [-0.39, 0.29) is 6.10 Å². The van der Waals surface area contributed by atoms with E-state index in [0.29, 0.717) is 13.0 Å². The van der Waals surface area contributed by atoms with Crippen molar-refractivity contribution in [2.45, 2.75) is 39.0 Å². The Balaban J connectivity index is 2.88. The molecule has 0 spiro atoms. The summed E-state index contributed by atoms with van der Waals surface area (Å²) in [5.74, 6) is 0.732. The fourth-order valence-corrected chi connectivity index (χ4v) is 3.77. The molecule has 0 aliphatic carbocycles. The molecule has 0 radical (unpaired) electrons. The Hall–Kier alpha value is -0.240. The number of benzene rings is 1. The maximum absolute atomic E-state index is 11.3. The molecule has 0 heterocycles. The van der Waals surface area contributed by atoms with Crippen LogP contribution >= 0.6 is 43.6 Å². The van der Waals surface area contributed by atoms with Gasteiger partial charge in [0, 0.05) is 16.6 Å². The van der Waals surface area contributed by atoms with Gasteiger partial charge in [0.25, 0.3) is 0 Å². The van der Waals surface area contributed by atoms with Crippen LogP contribution in [0.1, 0.15) is 25.8 Å². The normalized spacial score (nSPS) is 12.5. The predicted molar refractivity (Wildman–Crippen MR) is 98.9 cm³/mol. The lowest BCUT2D eigenvalue weighted by molar-refractivity contribution is -0.139. The van der Waals surface area contributed by atoms with Crippen LogP contribution in [0.5, 0.6) is 5.75 Å². The van der Waals surface area contributed by atoms with Gasteiger partial charge in [-0.3, -0.25) is 4.79 Å².